The summed E-state index contributed by atoms with van der Waals surface area (Å²) in [6, 6.07) is 7.35. The number of fused-ring (bicyclic) bond motifs is 1. The molecule has 5 nitrogen and oxygen atoms in total. The van der Waals surface area contributed by atoms with Crippen molar-refractivity contribution in [1.82, 2.24) is 4.90 Å². The first kappa shape index (κ1) is 14.9. The zero-order valence-electron chi connectivity index (χ0n) is 13.0. The second-order valence-electron chi connectivity index (χ2n) is 6.06. The second-order valence-corrected chi connectivity index (χ2v) is 6.06. The lowest BCUT2D eigenvalue weighted by atomic mass is 9.77. The van der Waals surface area contributed by atoms with Crippen LogP contribution in [0.5, 0.6) is 5.75 Å². The maximum atomic E-state index is 12.2. The number of hydrogen-bond acceptors (Lipinski definition) is 4. The Kier molecular flexibility index (Phi) is 4.05. The van der Waals surface area contributed by atoms with Gasteiger partial charge in [-0.15, -0.1) is 0 Å². The summed E-state index contributed by atoms with van der Waals surface area (Å²) in [5.41, 5.74) is 0.883. The van der Waals surface area contributed by atoms with Gasteiger partial charge in [0, 0.05) is 25.5 Å². The van der Waals surface area contributed by atoms with Gasteiger partial charge < -0.3 is 14.4 Å². The maximum Gasteiger partial charge on any atom is 0.410 e. The van der Waals surface area contributed by atoms with E-state index in [0.717, 1.165) is 31.2 Å². The number of carbonyl (C=O) groups is 2. The molecular weight excluding hydrogens is 282 g/mol. The molecule has 3 atom stereocenters. The SMILES string of the molecule is CC(=O)Oc1ccccc1C1C2CCCCC2OC(=O)N1C. The highest BCUT2D eigenvalue weighted by Gasteiger charge is 2.44. The minimum absolute atomic E-state index is 0.0344. The van der Waals surface area contributed by atoms with Gasteiger partial charge in [0.2, 0.25) is 0 Å². The molecule has 118 valence electrons. The molecule has 5 heteroatoms. The molecule has 1 aromatic carbocycles. The van der Waals surface area contributed by atoms with E-state index in [1.807, 2.05) is 18.2 Å². The van der Waals surface area contributed by atoms with Gasteiger partial charge in [0.05, 0.1) is 6.04 Å². The summed E-state index contributed by atoms with van der Waals surface area (Å²) in [5, 5.41) is 0. The molecule has 1 aliphatic heterocycles. The number of carbonyl (C=O) groups excluding carboxylic acids is 2. The third kappa shape index (κ3) is 2.67. The van der Waals surface area contributed by atoms with Crippen molar-refractivity contribution in [2.75, 3.05) is 7.05 Å². The average molecular weight is 303 g/mol. The maximum absolute atomic E-state index is 12.2. The van der Waals surface area contributed by atoms with Gasteiger partial charge in [0.15, 0.2) is 0 Å². The third-order valence-corrected chi connectivity index (χ3v) is 4.61. The molecule has 1 amide bonds. The Morgan fingerprint density at radius 2 is 2.00 bits per heavy atom. The standard InChI is InChI=1S/C17H21NO4/c1-11(19)21-14-9-5-3-7-12(14)16-13-8-4-6-10-15(13)22-17(20)18(16)2/h3,5,7,9,13,15-16H,4,6,8,10H2,1-2H3. The lowest BCUT2D eigenvalue weighted by molar-refractivity contribution is -0.132. The topological polar surface area (TPSA) is 55.8 Å². The van der Waals surface area contributed by atoms with E-state index >= 15 is 0 Å². The molecule has 22 heavy (non-hydrogen) atoms. The summed E-state index contributed by atoms with van der Waals surface area (Å²) in [6.45, 7) is 1.39. The third-order valence-electron chi connectivity index (χ3n) is 4.61. The van der Waals surface area contributed by atoms with Gasteiger partial charge in [0.25, 0.3) is 0 Å². The van der Waals surface area contributed by atoms with Crippen molar-refractivity contribution in [3.8, 4) is 5.75 Å². The molecule has 1 heterocycles. The molecule has 0 aromatic heterocycles. The van der Waals surface area contributed by atoms with Crippen molar-refractivity contribution >= 4 is 12.1 Å². The summed E-state index contributed by atoms with van der Waals surface area (Å²) in [4.78, 5) is 25.1. The van der Waals surface area contributed by atoms with Crippen molar-refractivity contribution in [3.05, 3.63) is 29.8 Å². The number of amides is 1. The highest BCUT2D eigenvalue weighted by atomic mass is 16.6. The fraction of sp³-hybridized carbons (Fsp3) is 0.529. The Bertz CT molecular complexity index is 586. The Morgan fingerprint density at radius 3 is 2.77 bits per heavy atom. The van der Waals surface area contributed by atoms with Crippen LogP contribution < -0.4 is 4.74 Å². The number of para-hydroxylation sites is 1. The van der Waals surface area contributed by atoms with E-state index in [9.17, 15) is 9.59 Å². The minimum atomic E-state index is -0.353. The van der Waals surface area contributed by atoms with Crippen LogP contribution in [-0.2, 0) is 9.53 Å². The van der Waals surface area contributed by atoms with Crippen LogP contribution in [0.25, 0.3) is 0 Å². The van der Waals surface area contributed by atoms with Gasteiger partial charge >= 0.3 is 12.1 Å². The summed E-state index contributed by atoms with van der Waals surface area (Å²) < 4.78 is 10.9. The van der Waals surface area contributed by atoms with Crippen LogP contribution in [0.3, 0.4) is 0 Å². The highest BCUT2D eigenvalue weighted by molar-refractivity contribution is 5.71. The zero-order chi connectivity index (χ0) is 15.7. The number of hydrogen-bond donors (Lipinski definition) is 0. The molecule has 1 aromatic rings. The molecule has 3 rings (SSSR count). The molecule has 0 radical (unpaired) electrons. The normalized spacial score (nSPS) is 27.8. The lowest BCUT2D eigenvalue weighted by Gasteiger charge is -2.45. The van der Waals surface area contributed by atoms with Crippen LogP contribution in [0.4, 0.5) is 4.79 Å². The number of ether oxygens (including phenoxy) is 2. The Balaban J connectivity index is 2.00. The summed E-state index contributed by atoms with van der Waals surface area (Å²) in [7, 11) is 1.75. The number of esters is 1. The van der Waals surface area contributed by atoms with E-state index in [4.69, 9.17) is 9.47 Å². The Labute approximate surface area is 130 Å². The second kappa shape index (κ2) is 5.99. The van der Waals surface area contributed by atoms with Crippen LogP contribution in [0.15, 0.2) is 24.3 Å². The molecule has 2 aliphatic rings. The molecule has 1 aliphatic carbocycles. The number of rotatable bonds is 2. The molecule has 0 spiro atoms. The van der Waals surface area contributed by atoms with Gasteiger partial charge in [-0.2, -0.15) is 0 Å². The Morgan fingerprint density at radius 1 is 1.27 bits per heavy atom. The zero-order valence-corrected chi connectivity index (χ0v) is 13.0. The Hall–Kier alpha value is -2.04. The summed E-state index contributed by atoms with van der Waals surface area (Å²) in [5.74, 6) is 0.424. The van der Waals surface area contributed by atoms with Gasteiger partial charge in [-0.25, -0.2) is 4.79 Å². The minimum Gasteiger partial charge on any atom is -0.446 e. The number of nitrogens with zero attached hydrogens (tertiary/aromatic N) is 1. The van der Waals surface area contributed by atoms with E-state index in [1.54, 1.807) is 18.0 Å². The molecule has 0 N–H and O–H groups in total. The lowest BCUT2D eigenvalue weighted by Crippen LogP contribution is -2.49. The van der Waals surface area contributed by atoms with Crippen LogP contribution in [-0.4, -0.2) is 30.1 Å². The fourth-order valence-electron chi connectivity index (χ4n) is 3.66. The fourth-order valence-corrected chi connectivity index (χ4v) is 3.66. The monoisotopic (exact) mass is 303 g/mol. The molecule has 3 unspecified atom stereocenters. The van der Waals surface area contributed by atoms with E-state index in [2.05, 4.69) is 0 Å². The quantitative estimate of drug-likeness (QED) is 0.621. The van der Waals surface area contributed by atoms with E-state index in [-0.39, 0.29) is 30.1 Å². The van der Waals surface area contributed by atoms with Gasteiger partial charge in [-0.1, -0.05) is 24.6 Å². The van der Waals surface area contributed by atoms with Gasteiger partial charge in [-0.3, -0.25) is 4.79 Å². The number of benzene rings is 1. The largest absolute Gasteiger partial charge is 0.446 e. The summed E-state index contributed by atoms with van der Waals surface area (Å²) >= 11 is 0. The average Bonchev–Trinajstić information content (AvgIpc) is 2.49. The van der Waals surface area contributed by atoms with Crippen molar-refractivity contribution < 1.29 is 19.1 Å². The van der Waals surface area contributed by atoms with Crippen LogP contribution in [0, 0.1) is 5.92 Å². The van der Waals surface area contributed by atoms with Crippen molar-refractivity contribution in [3.63, 3.8) is 0 Å². The highest BCUT2D eigenvalue weighted by Crippen LogP contribution is 2.45. The van der Waals surface area contributed by atoms with Gasteiger partial charge in [-0.05, 0) is 25.3 Å². The molecule has 2 fully saturated rings. The molecule has 1 saturated carbocycles. The molecule has 1 saturated heterocycles. The first-order valence-corrected chi connectivity index (χ1v) is 7.78. The predicted molar refractivity (Wildman–Crippen MR) is 80.5 cm³/mol. The van der Waals surface area contributed by atoms with E-state index < -0.39 is 0 Å². The smallest absolute Gasteiger partial charge is 0.410 e. The summed E-state index contributed by atoms with van der Waals surface area (Å²) in [6.07, 6.45) is 3.83. The van der Waals surface area contributed by atoms with Crippen LogP contribution >= 0.6 is 0 Å². The predicted octanol–water partition coefficient (Wildman–Crippen LogP) is 3.29. The van der Waals surface area contributed by atoms with Gasteiger partial charge in [0.1, 0.15) is 11.9 Å². The van der Waals surface area contributed by atoms with Crippen LogP contribution in [0.2, 0.25) is 0 Å². The molecule has 0 bridgehead atoms. The van der Waals surface area contributed by atoms with Crippen molar-refractivity contribution in [2.24, 2.45) is 5.92 Å². The molecular formula is C17H21NO4. The van der Waals surface area contributed by atoms with E-state index in [0.29, 0.717) is 5.75 Å². The first-order valence-electron chi connectivity index (χ1n) is 7.78. The van der Waals surface area contributed by atoms with E-state index in [1.165, 1.54) is 6.92 Å². The van der Waals surface area contributed by atoms with Crippen molar-refractivity contribution in [2.45, 2.75) is 44.8 Å². The van der Waals surface area contributed by atoms with Crippen molar-refractivity contribution in [1.29, 1.82) is 0 Å². The van der Waals surface area contributed by atoms with Crippen LogP contribution in [0.1, 0.15) is 44.2 Å². The first-order chi connectivity index (χ1) is 10.6.